The van der Waals surface area contributed by atoms with Crippen molar-refractivity contribution in [3.8, 4) is 11.3 Å². The number of imidazole rings is 1. The normalized spacial score (nSPS) is 15.2. The summed E-state index contributed by atoms with van der Waals surface area (Å²) in [6.07, 6.45) is -2.29. The van der Waals surface area contributed by atoms with Crippen molar-refractivity contribution in [2.24, 2.45) is 0 Å². The molecule has 0 aromatic carbocycles. The molecule has 0 bridgehead atoms. The number of methoxy groups -OCH3 is 1. The second-order valence-electron chi connectivity index (χ2n) is 7.07. The number of ether oxygens (including phenoxy) is 2. The first-order valence-electron chi connectivity index (χ1n) is 9.63. The standard InChI is InChI=1S/C20H22F3N5O2/c1-13-18(14-3-4-15(24-12-14)5-8-29-2)28-19(25-13)16(27-6-9-30-10-7-27)11-17(26-28)20(21,22)23/h3-4,11-12H,5-10H2,1-2H3. The Morgan fingerprint density at radius 3 is 2.60 bits per heavy atom. The van der Waals surface area contributed by atoms with Crippen LogP contribution in [0.25, 0.3) is 16.9 Å². The molecule has 1 saturated heterocycles. The highest BCUT2D eigenvalue weighted by Crippen LogP contribution is 2.35. The average Bonchev–Trinajstić information content (AvgIpc) is 3.07. The van der Waals surface area contributed by atoms with Gasteiger partial charge >= 0.3 is 6.18 Å². The summed E-state index contributed by atoms with van der Waals surface area (Å²) in [5, 5.41) is 3.89. The molecule has 0 radical (unpaired) electrons. The number of halogens is 3. The van der Waals surface area contributed by atoms with Crippen LogP contribution in [0.4, 0.5) is 18.9 Å². The van der Waals surface area contributed by atoms with Crippen molar-refractivity contribution in [1.29, 1.82) is 0 Å². The molecule has 1 aliphatic rings. The largest absolute Gasteiger partial charge is 0.435 e. The fourth-order valence-corrected chi connectivity index (χ4v) is 3.54. The van der Waals surface area contributed by atoms with Gasteiger partial charge in [-0.15, -0.1) is 0 Å². The molecule has 3 aromatic rings. The summed E-state index contributed by atoms with van der Waals surface area (Å²) >= 11 is 0. The Morgan fingerprint density at radius 1 is 1.20 bits per heavy atom. The maximum Gasteiger partial charge on any atom is 0.435 e. The van der Waals surface area contributed by atoms with Gasteiger partial charge in [-0.2, -0.15) is 18.3 Å². The molecule has 0 spiro atoms. The molecule has 0 amide bonds. The minimum atomic E-state index is -4.58. The van der Waals surface area contributed by atoms with Gasteiger partial charge in [0, 0.05) is 44.1 Å². The molecule has 4 rings (SSSR count). The molecule has 0 unspecified atom stereocenters. The van der Waals surface area contributed by atoms with E-state index in [-0.39, 0.29) is 0 Å². The van der Waals surface area contributed by atoms with Crippen LogP contribution in [0, 0.1) is 6.92 Å². The molecule has 160 valence electrons. The summed E-state index contributed by atoms with van der Waals surface area (Å²) in [6.45, 7) is 4.20. The second-order valence-corrected chi connectivity index (χ2v) is 7.07. The van der Waals surface area contributed by atoms with E-state index in [1.165, 1.54) is 4.52 Å². The Hall–Kier alpha value is -2.72. The van der Waals surface area contributed by atoms with Crippen LogP contribution in [-0.4, -0.2) is 59.6 Å². The van der Waals surface area contributed by atoms with Gasteiger partial charge in [-0.3, -0.25) is 4.98 Å². The van der Waals surface area contributed by atoms with Crippen molar-refractivity contribution in [2.45, 2.75) is 19.5 Å². The smallest absolute Gasteiger partial charge is 0.384 e. The number of aryl methyl sites for hydroxylation is 1. The highest BCUT2D eigenvalue weighted by molar-refractivity contribution is 5.75. The summed E-state index contributed by atoms with van der Waals surface area (Å²) in [7, 11) is 1.62. The lowest BCUT2D eigenvalue weighted by molar-refractivity contribution is -0.141. The maximum absolute atomic E-state index is 13.6. The molecule has 0 N–H and O–H groups in total. The Morgan fingerprint density at radius 2 is 1.97 bits per heavy atom. The van der Waals surface area contributed by atoms with E-state index in [4.69, 9.17) is 9.47 Å². The molecule has 0 atom stereocenters. The topological polar surface area (TPSA) is 64.8 Å². The molecule has 4 heterocycles. The molecule has 10 heteroatoms. The summed E-state index contributed by atoms with van der Waals surface area (Å²) in [4.78, 5) is 10.8. The van der Waals surface area contributed by atoms with Crippen molar-refractivity contribution in [1.82, 2.24) is 19.6 Å². The number of fused-ring (bicyclic) bond motifs is 1. The number of rotatable bonds is 5. The van der Waals surface area contributed by atoms with E-state index in [1.807, 2.05) is 17.0 Å². The van der Waals surface area contributed by atoms with E-state index in [1.54, 1.807) is 20.2 Å². The lowest BCUT2D eigenvalue weighted by Crippen LogP contribution is -2.37. The molecule has 3 aromatic heterocycles. The average molecular weight is 421 g/mol. The van der Waals surface area contributed by atoms with Crippen molar-refractivity contribution < 1.29 is 22.6 Å². The summed E-state index contributed by atoms with van der Waals surface area (Å²) in [5.74, 6) is 0. The van der Waals surface area contributed by atoms with Gasteiger partial charge in [-0.1, -0.05) is 0 Å². The summed E-state index contributed by atoms with van der Waals surface area (Å²) < 4.78 is 52.5. The Balaban J connectivity index is 1.85. The monoisotopic (exact) mass is 421 g/mol. The van der Waals surface area contributed by atoms with E-state index >= 15 is 0 Å². The van der Waals surface area contributed by atoms with Gasteiger partial charge in [0.1, 0.15) is 0 Å². The number of hydrogen-bond acceptors (Lipinski definition) is 6. The lowest BCUT2D eigenvalue weighted by Gasteiger charge is -2.29. The van der Waals surface area contributed by atoms with Crippen LogP contribution < -0.4 is 4.90 Å². The fraction of sp³-hybridized carbons (Fsp3) is 0.450. The zero-order chi connectivity index (χ0) is 21.3. The fourth-order valence-electron chi connectivity index (χ4n) is 3.54. The minimum absolute atomic E-state index is 0.390. The van der Waals surface area contributed by atoms with E-state index in [9.17, 15) is 13.2 Å². The molecule has 7 nitrogen and oxygen atoms in total. The third kappa shape index (κ3) is 3.97. The first kappa shape index (κ1) is 20.5. The number of anilines is 1. The number of alkyl halides is 3. The van der Waals surface area contributed by atoms with Crippen LogP contribution in [0.15, 0.2) is 24.4 Å². The number of hydrogen-bond donors (Lipinski definition) is 0. The van der Waals surface area contributed by atoms with Crippen molar-refractivity contribution in [3.63, 3.8) is 0 Å². The molecular weight excluding hydrogens is 399 g/mol. The van der Waals surface area contributed by atoms with Gasteiger partial charge in [0.05, 0.1) is 36.9 Å². The highest BCUT2D eigenvalue weighted by atomic mass is 19.4. The molecule has 1 aliphatic heterocycles. The van der Waals surface area contributed by atoms with E-state index in [2.05, 4.69) is 15.1 Å². The number of nitrogens with zero attached hydrogens (tertiary/aromatic N) is 5. The van der Waals surface area contributed by atoms with E-state index < -0.39 is 11.9 Å². The van der Waals surface area contributed by atoms with E-state index in [0.29, 0.717) is 67.6 Å². The zero-order valence-corrected chi connectivity index (χ0v) is 16.7. The Labute approximate surface area is 171 Å². The Bertz CT molecular complexity index is 1030. The van der Waals surface area contributed by atoms with Gasteiger partial charge in [-0.05, 0) is 25.1 Å². The third-order valence-electron chi connectivity index (χ3n) is 5.04. The summed E-state index contributed by atoms with van der Waals surface area (Å²) in [6, 6.07) is 4.73. The van der Waals surface area contributed by atoms with Crippen LogP contribution in [0.1, 0.15) is 17.1 Å². The van der Waals surface area contributed by atoms with Gasteiger partial charge < -0.3 is 14.4 Å². The number of aromatic nitrogens is 4. The third-order valence-corrected chi connectivity index (χ3v) is 5.04. The minimum Gasteiger partial charge on any atom is -0.384 e. The van der Waals surface area contributed by atoms with Crippen LogP contribution >= 0.6 is 0 Å². The van der Waals surface area contributed by atoms with Gasteiger partial charge in [0.2, 0.25) is 0 Å². The van der Waals surface area contributed by atoms with Crippen LogP contribution in [0.2, 0.25) is 0 Å². The molecule has 30 heavy (non-hydrogen) atoms. The Kier molecular flexibility index (Phi) is 5.61. The van der Waals surface area contributed by atoms with E-state index in [0.717, 1.165) is 11.8 Å². The molecular formula is C20H22F3N5O2. The van der Waals surface area contributed by atoms with Crippen molar-refractivity contribution in [3.05, 3.63) is 41.5 Å². The highest BCUT2D eigenvalue weighted by Gasteiger charge is 2.35. The van der Waals surface area contributed by atoms with Crippen molar-refractivity contribution >= 4 is 11.3 Å². The summed E-state index contributed by atoms with van der Waals surface area (Å²) in [5.41, 5.74) is 2.41. The predicted molar refractivity (Wildman–Crippen MR) is 105 cm³/mol. The predicted octanol–water partition coefficient (Wildman–Crippen LogP) is 3.14. The second kappa shape index (κ2) is 8.19. The van der Waals surface area contributed by atoms with Crippen LogP contribution in [0.3, 0.4) is 0 Å². The maximum atomic E-state index is 13.6. The molecule has 0 aliphatic carbocycles. The van der Waals surface area contributed by atoms with Crippen molar-refractivity contribution in [2.75, 3.05) is 44.9 Å². The quantitative estimate of drug-likeness (QED) is 0.631. The first-order valence-corrected chi connectivity index (χ1v) is 9.63. The first-order chi connectivity index (χ1) is 14.4. The van der Waals surface area contributed by atoms with Gasteiger partial charge in [0.25, 0.3) is 0 Å². The van der Waals surface area contributed by atoms with Gasteiger partial charge in [0.15, 0.2) is 11.3 Å². The SMILES string of the molecule is COCCc1ccc(-c2c(C)nc3c(N4CCOCC4)cc(C(F)(F)F)nn23)cn1. The lowest BCUT2D eigenvalue weighted by atomic mass is 10.1. The number of morpholine rings is 1. The molecule has 1 fully saturated rings. The number of pyridine rings is 1. The van der Waals surface area contributed by atoms with Crippen LogP contribution in [0.5, 0.6) is 0 Å². The van der Waals surface area contributed by atoms with Gasteiger partial charge in [-0.25, -0.2) is 9.50 Å². The van der Waals surface area contributed by atoms with Crippen LogP contribution in [-0.2, 0) is 22.1 Å². The zero-order valence-electron chi connectivity index (χ0n) is 16.7. The molecule has 0 saturated carbocycles.